The monoisotopic (exact) mass is 293 g/mol. The van der Waals surface area contributed by atoms with Gasteiger partial charge in [-0.25, -0.2) is 0 Å². The Labute approximate surface area is 124 Å². The van der Waals surface area contributed by atoms with Crippen LogP contribution in [0, 0.1) is 5.92 Å². The highest BCUT2D eigenvalue weighted by Crippen LogP contribution is 2.05. The minimum atomic E-state index is -0.692. The molecule has 21 heavy (non-hydrogen) atoms. The van der Waals surface area contributed by atoms with E-state index in [9.17, 15) is 14.4 Å². The van der Waals surface area contributed by atoms with E-state index in [0.717, 1.165) is 6.42 Å². The molecule has 0 spiro atoms. The van der Waals surface area contributed by atoms with Crippen LogP contribution in [-0.2, 0) is 16.1 Å². The predicted molar refractivity (Wildman–Crippen MR) is 82.1 cm³/mol. The smallest absolute Gasteiger partial charge is 0.313 e. The molecule has 0 aromatic carbocycles. The van der Waals surface area contributed by atoms with Crippen molar-refractivity contribution in [2.45, 2.75) is 33.7 Å². The molecule has 0 saturated heterocycles. The molecular weight excluding hydrogens is 270 g/mol. The van der Waals surface area contributed by atoms with Crippen LogP contribution in [0.15, 0.2) is 23.1 Å². The SMILES string of the molecule is CCn1cc(NC(=O)C(=O)N(C)CCC(C)C)ccc1=O. The molecule has 1 aromatic heterocycles. The number of carbonyl (C=O) groups excluding carboxylic acids is 2. The molecule has 0 aliphatic heterocycles. The standard InChI is InChI=1S/C15H23N3O3/c1-5-18-10-12(6-7-13(18)19)16-14(20)15(21)17(4)9-8-11(2)3/h6-7,10-11H,5,8-9H2,1-4H3,(H,16,20). The van der Waals surface area contributed by atoms with Gasteiger partial charge in [-0.3, -0.25) is 14.4 Å². The van der Waals surface area contributed by atoms with Gasteiger partial charge in [0.2, 0.25) is 0 Å². The molecule has 2 amide bonds. The maximum Gasteiger partial charge on any atom is 0.313 e. The average molecular weight is 293 g/mol. The molecule has 6 heteroatoms. The Balaban J connectivity index is 2.68. The number of hydrogen-bond donors (Lipinski definition) is 1. The lowest BCUT2D eigenvalue weighted by Crippen LogP contribution is -2.38. The molecule has 0 aliphatic rings. The topological polar surface area (TPSA) is 71.4 Å². The molecule has 116 valence electrons. The van der Waals surface area contributed by atoms with E-state index in [4.69, 9.17) is 0 Å². The number of nitrogens with one attached hydrogen (secondary N) is 1. The quantitative estimate of drug-likeness (QED) is 0.832. The number of rotatable bonds is 5. The molecule has 0 fully saturated rings. The van der Waals surface area contributed by atoms with Crippen molar-refractivity contribution in [2.75, 3.05) is 18.9 Å². The van der Waals surface area contributed by atoms with Crippen molar-refractivity contribution >= 4 is 17.5 Å². The summed E-state index contributed by atoms with van der Waals surface area (Å²) in [7, 11) is 1.61. The van der Waals surface area contributed by atoms with Gasteiger partial charge >= 0.3 is 11.8 Å². The molecule has 1 rings (SSSR count). The van der Waals surface area contributed by atoms with Crippen molar-refractivity contribution in [1.82, 2.24) is 9.47 Å². The molecule has 0 saturated carbocycles. The van der Waals surface area contributed by atoms with Crippen LogP contribution in [-0.4, -0.2) is 34.9 Å². The summed E-state index contributed by atoms with van der Waals surface area (Å²) in [5.41, 5.74) is 0.294. The highest BCUT2D eigenvalue weighted by molar-refractivity contribution is 6.39. The predicted octanol–water partition coefficient (Wildman–Crippen LogP) is 1.31. The summed E-state index contributed by atoms with van der Waals surface area (Å²) in [5, 5.41) is 2.52. The molecule has 0 aliphatic carbocycles. The van der Waals surface area contributed by atoms with E-state index >= 15 is 0 Å². The Kier molecular flexibility index (Phi) is 6.14. The lowest BCUT2D eigenvalue weighted by atomic mass is 10.1. The lowest BCUT2D eigenvalue weighted by Gasteiger charge is -2.17. The first-order chi connectivity index (χ1) is 9.85. The van der Waals surface area contributed by atoms with Crippen molar-refractivity contribution in [3.05, 3.63) is 28.7 Å². The largest absolute Gasteiger partial charge is 0.337 e. The van der Waals surface area contributed by atoms with Crippen molar-refractivity contribution in [1.29, 1.82) is 0 Å². The number of amides is 2. The van der Waals surface area contributed by atoms with E-state index in [2.05, 4.69) is 19.2 Å². The molecule has 1 N–H and O–H groups in total. The van der Waals surface area contributed by atoms with Gasteiger partial charge in [0.05, 0.1) is 5.69 Å². The van der Waals surface area contributed by atoms with Crippen LogP contribution in [0.1, 0.15) is 27.2 Å². The summed E-state index contributed by atoms with van der Waals surface area (Å²) < 4.78 is 1.46. The average Bonchev–Trinajstić information content (AvgIpc) is 2.45. The van der Waals surface area contributed by atoms with Gasteiger partial charge in [-0.1, -0.05) is 13.8 Å². The number of pyridine rings is 1. The number of anilines is 1. The molecule has 0 bridgehead atoms. The third-order valence-electron chi connectivity index (χ3n) is 3.16. The zero-order valence-corrected chi connectivity index (χ0v) is 13.0. The third kappa shape index (κ3) is 5.06. The van der Waals surface area contributed by atoms with E-state index in [1.807, 2.05) is 6.92 Å². The highest BCUT2D eigenvalue weighted by atomic mass is 16.2. The van der Waals surface area contributed by atoms with Crippen LogP contribution in [0.2, 0.25) is 0 Å². The third-order valence-corrected chi connectivity index (χ3v) is 3.16. The van der Waals surface area contributed by atoms with Gasteiger partial charge in [0.1, 0.15) is 0 Å². The Morgan fingerprint density at radius 1 is 1.33 bits per heavy atom. The van der Waals surface area contributed by atoms with Crippen LogP contribution in [0.25, 0.3) is 0 Å². The first-order valence-electron chi connectivity index (χ1n) is 7.12. The van der Waals surface area contributed by atoms with Gasteiger partial charge in [0.15, 0.2) is 0 Å². The van der Waals surface area contributed by atoms with E-state index in [0.29, 0.717) is 24.7 Å². The number of hydrogen-bond acceptors (Lipinski definition) is 3. The van der Waals surface area contributed by atoms with E-state index in [1.54, 1.807) is 7.05 Å². The van der Waals surface area contributed by atoms with E-state index < -0.39 is 11.8 Å². The first kappa shape index (κ1) is 16.9. The second kappa shape index (κ2) is 7.61. The van der Waals surface area contributed by atoms with E-state index in [1.165, 1.54) is 27.8 Å². The maximum absolute atomic E-state index is 11.9. The van der Waals surface area contributed by atoms with Crippen LogP contribution in [0.5, 0.6) is 0 Å². The Morgan fingerprint density at radius 3 is 2.57 bits per heavy atom. The van der Waals surface area contributed by atoms with Gasteiger partial charge in [0.25, 0.3) is 5.56 Å². The summed E-state index contributed by atoms with van der Waals surface area (Å²) in [5.74, 6) is -0.802. The Hall–Kier alpha value is -2.11. The minimum absolute atomic E-state index is 0.143. The van der Waals surface area contributed by atoms with Crippen LogP contribution in [0.3, 0.4) is 0 Å². The van der Waals surface area contributed by atoms with Gasteiger partial charge in [-0.05, 0) is 25.3 Å². The molecule has 0 atom stereocenters. The summed E-state index contributed by atoms with van der Waals surface area (Å²) in [4.78, 5) is 36.7. The Morgan fingerprint density at radius 2 is 2.00 bits per heavy atom. The molecule has 0 unspecified atom stereocenters. The summed E-state index contributed by atoms with van der Waals surface area (Å²) in [6, 6.07) is 2.86. The van der Waals surface area contributed by atoms with Crippen molar-refractivity contribution in [3.8, 4) is 0 Å². The highest BCUT2D eigenvalue weighted by Gasteiger charge is 2.18. The van der Waals surface area contributed by atoms with Crippen molar-refractivity contribution < 1.29 is 9.59 Å². The van der Waals surface area contributed by atoms with Gasteiger partial charge in [-0.2, -0.15) is 0 Å². The van der Waals surface area contributed by atoms with Crippen molar-refractivity contribution in [2.24, 2.45) is 5.92 Å². The normalized spacial score (nSPS) is 10.5. The number of carbonyl (C=O) groups is 2. The second-order valence-electron chi connectivity index (χ2n) is 5.41. The zero-order valence-electron chi connectivity index (χ0n) is 13.0. The van der Waals surface area contributed by atoms with Gasteiger partial charge in [-0.15, -0.1) is 0 Å². The van der Waals surface area contributed by atoms with Crippen molar-refractivity contribution in [3.63, 3.8) is 0 Å². The molecule has 1 heterocycles. The fourth-order valence-electron chi connectivity index (χ4n) is 1.76. The molecular formula is C15H23N3O3. The second-order valence-corrected chi connectivity index (χ2v) is 5.41. The first-order valence-corrected chi connectivity index (χ1v) is 7.12. The molecule has 6 nitrogen and oxygen atoms in total. The summed E-state index contributed by atoms with van der Waals surface area (Å²) >= 11 is 0. The lowest BCUT2D eigenvalue weighted by molar-refractivity contribution is -0.142. The maximum atomic E-state index is 11.9. The van der Waals surface area contributed by atoms with Gasteiger partial charge < -0.3 is 14.8 Å². The van der Waals surface area contributed by atoms with Crippen LogP contribution in [0.4, 0.5) is 5.69 Å². The Bertz CT molecular complexity index is 564. The van der Waals surface area contributed by atoms with E-state index in [-0.39, 0.29) is 5.56 Å². The zero-order chi connectivity index (χ0) is 16.0. The molecule has 1 aromatic rings. The molecule has 0 radical (unpaired) electrons. The van der Waals surface area contributed by atoms with Gasteiger partial charge in [0, 0.05) is 32.4 Å². The summed E-state index contributed by atoms with van der Waals surface area (Å²) in [6.07, 6.45) is 2.37. The number of nitrogens with zero attached hydrogens (tertiary/aromatic N) is 2. The number of aryl methyl sites for hydroxylation is 1. The number of aromatic nitrogens is 1. The summed E-state index contributed by atoms with van der Waals surface area (Å²) in [6.45, 7) is 7.00. The van der Waals surface area contributed by atoms with Crippen LogP contribution >= 0.6 is 0 Å². The minimum Gasteiger partial charge on any atom is -0.337 e. The van der Waals surface area contributed by atoms with Crippen LogP contribution < -0.4 is 10.9 Å². The fraction of sp³-hybridized carbons (Fsp3) is 0.533. The fourth-order valence-corrected chi connectivity index (χ4v) is 1.76. The number of likely N-dealkylation sites (N-methyl/N-ethyl adjacent to an activating group) is 1.